The van der Waals surface area contributed by atoms with Gasteiger partial charge in [-0.25, -0.2) is 0 Å². The van der Waals surface area contributed by atoms with Gasteiger partial charge < -0.3 is 10.2 Å². The highest BCUT2D eigenvalue weighted by molar-refractivity contribution is 7.09. The van der Waals surface area contributed by atoms with E-state index in [9.17, 15) is 9.59 Å². The van der Waals surface area contributed by atoms with Crippen molar-refractivity contribution in [2.45, 2.75) is 58.7 Å². The summed E-state index contributed by atoms with van der Waals surface area (Å²) in [6.07, 6.45) is 3.29. The van der Waals surface area contributed by atoms with Crippen LogP contribution in [0, 0.1) is 18.8 Å². The number of carbonyl (C=O) groups is 2. The van der Waals surface area contributed by atoms with Crippen LogP contribution in [-0.4, -0.2) is 28.6 Å². The molecule has 0 aliphatic heterocycles. The second kappa shape index (κ2) is 10.5. The monoisotopic (exact) mass is 446 g/mol. The fourth-order valence-corrected chi connectivity index (χ4v) is 5.10. The minimum Gasteiger partial charge on any atom is -0.351 e. The predicted molar refractivity (Wildman–Crippen MR) is 124 cm³/mol. The van der Waals surface area contributed by atoms with Gasteiger partial charge in [-0.05, 0) is 42.2 Å². The van der Waals surface area contributed by atoms with Crippen molar-refractivity contribution in [3.8, 4) is 0 Å². The standard InChI is InChI=1S/C24H31ClN2O2S/c1-16-9-11-19(12-10-16)23(24(29)26-21-8-4-6-17(2)18(21)3)27(22(28)14-25)15-20-7-5-13-30-20/h5,7,9-13,17-18,21,23H,4,6,8,14-15H2,1-3H3,(H,26,29)/t17-,18+,21-,23-/m1/s1. The summed E-state index contributed by atoms with van der Waals surface area (Å²) < 4.78 is 0. The van der Waals surface area contributed by atoms with Crippen LogP contribution < -0.4 is 5.32 Å². The fourth-order valence-electron chi connectivity index (χ4n) is 4.24. The molecule has 4 nitrogen and oxygen atoms in total. The van der Waals surface area contributed by atoms with Crippen LogP contribution in [-0.2, 0) is 16.1 Å². The Kier molecular flexibility index (Phi) is 7.95. The number of rotatable bonds is 7. The number of nitrogens with zero attached hydrogens (tertiary/aromatic N) is 1. The first kappa shape index (κ1) is 22.8. The minimum absolute atomic E-state index is 0.125. The van der Waals surface area contributed by atoms with Crippen molar-refractivity contribution in [2.75, 3.05) is 5.88 Å². The van der Waals surface area contributed by atoms with Crippen LogP contribution in [0.4, 0.5) is 0 Å². The minimum atomic E-state index is -0.705. The Morgan fingerprint density at radius 1 is 1.20 bits per heavy atom. The molecule has 4 atom stereocenters. The van der Waals surface area contributed by atoms with Gasteiger partial charge >= 0.3 is 0 Å². The maximum absolute atomic E-state index is 13.6. The van der Waals surface area contributed by atoms with Gasteiger partial charge in [-0.2, -0.15) is 0 Å². The van der Waals surface area contributed by atoms with Gasteiger partial charge in [0.15, 0.2) is 0 Å². The number of hydrogen-bond acceptors (Lipinski definition) is 3. The van der Waals surface area contributed by atoms with E-state index >= 15 is 0 Å². The summed E-state index contributed by atoms with van der Waals surface area (Å²) >= 11 is 7.54. The molecule has 0 spiro atoms. The highest BCUT2D eigenvalue weighted by Gasteiger charge is 2.35. The van der Waals surface area contributed by atoms with Gasteiger partial charge in [0.25, 0.3) is 0 Å². The summed E-state index contributed by atoms with van der Waals surface area (Å²) in [7, 11) is 0. The van der Waals surface area contributed by atoms with Crippen LogP contribution in [0.5, 0.6) is 0 Å². The summed E-state index contributed by atoms with van der Waals surface area (Å²) in [5.74, 6) is 0.470. The molecule has 1 aromatic heterocycles. The van der Waals surface area contributed by atoms with Crippen LogP contribution in [0.3, 0.4) is 0 Å². The Hall–Kier alpha value is -1.85. The Morgan fingerprint density at radius 3 is 2.57 bits per heavy atom. The average Bonchev–Trinajstić information content (AvgIpc) is 3.25. The molecule has 0 bridgehead atoms. The number of halogens is 1. The van der Waals surface area contributed by atoms with E-state index in [0.717, 1.165) is 28.8 Å². The lowest BCUT2D eigenvalue weighted by Gasteiger charge is -2.37. The first-order chi connectivity index (χ1) is 14.4. The van der Waals surface area contributed by atoms with E-state index in [2.05, 4.69) is 19.2 Å². The largest absolute Gasteiger partial charge is 0.351 e. The van der Waals surface area contributed by atoms with Gasteiger partial charge in [-0.15, -0.1) is 22.9 Å². The van der Waals surface area contributed by atoms with Crippen LogP contribution in [0.25, 0.3) is 0 Å². The molecule has 1 aromatic carbocycles. The average molecular weight is 447 g/mol. The Morgan fingerprint density at radius 2 is 1.93 bits per heavy atom. The second-order valence-electron chi connectivity index (χ2n) is 8.43. The van der Waals surface area contributed by atoms with Crippen LogP contribution in [0.1, 0.15) is 55.2 Å². The third-order valence-corrected chi connectivity index (χ3v) is 7.42. The predicted octanol–water partition coefficient (Wildman–Crippen LogP) is 5.31. The molecule has 1 aliphatic carbocycles. The highest BCUT2D eigenvalue weighted by Crippen LogP contribution is 2.31. The van der Waals surface area contributed by atoms with Crippen molar-refractivity contribution in [1.29, 1.82) is 0 Å². The molecule has 1 saturated carbocycles. The zero-order valence-electron chi connectivity index (χ0n) is 17.9. The molecule has 3 rings (SSSR count). The van der Waals surface area contributed by atoms with E-state index in [1.54, 1.807) is 16.2 Å². The Balaban J connectivity index is 1.92. The molecular weight excluding hydrogens is 416 g/mol. The van der Waals surface area contributed by atoms with Gasteiger partial charge in [0.1, 0.15) is 11.9 Å². The molecule has 2 aromatic rings. The lowest BCUT2D eigenvalue weighted by molar-refractivity contribution is -0.140. The summed E-state index contributed by atoms with van der Waals surface area (Å²) in [6.45, 7) is 6.84. The zero-order valence-corrected chi connectivity index (χ0v) is 19.5. The van der Waals surface area contributed by atoms with Crippen LogP contribution in [0.2, 0.25) is 0 Å². The Labute approximate surface area is 188 Å². The first-order valence-corrected chi connectivity index (χ1v) is 12.1. The van der Waals surface area contributed by atoms with Crippen molar-refractivity contribution < 1.29 is 9.59 Å². The topological polar surface area (TPSA) is 49.4 Å². The number of thiophene rings is 1. The van der Waals surface area contributed by atoms with Crippen molar-refractivity contribution >= 4 is 34.8 Å². The lowest BCUT2D eigenvalue weighted by Crippen LogP contribution is -2.50. The molecule has 162 valence electrons. The van der Waals surface area contributed by atoms with Gasteiger partial charge in [0.05, 0.1) is 6.54 Å². The molecule has 1 N–H and O–H groups in total. The number of nitrogens with one attached hydrogen (secondary N) is 1. The van der Waals surface area contributed by atoms with Crippen LogP contribution in [0.15, 0.2) is 41.8 Å². The van der Waals surface area contributed by atoms with E-state index in [-0.39, 0.29) is 23.7 Å². The number of aryl methyl sites for hydroxylation is 1. The molecule has 1 fully saturated rings. The van der Waals surface area contributed by atoms with E-state index < -0.39 is 6.04 Å². The second-order valence-corrected chi connectivity index (χ2v) is 9.73. The molecule has 1 heterocycles. The SMILES string of the molecule is Cc1ccc([C@H](C(=O)N[C@@H]2CCC[C@@H](C)[C@@H]2C)N(Cc2cccs2)C(=O)CCl)cc1. The van der Waals surface area contributed by atoms with Crippen LogP contribution >= 0.6 is 22.9 Å². The highest BCUT2D eigenvalue weighted by atomic mass is 35.5. The molecule has 0 unspecified atom stereocenters. The summed E-state index contributed by atoms with van der Waals surface area (Å²) in [5, 5.41) is 5.26. The third-order valence-electron chi connectivity index (χ3n) is 6.33. The number of amides is 2. The first-order valence-electron chi connectivity index (χ1n) is 10.7. The number of hydrogen-bond donors (Lipinski definition) is 1. The van der Waals surface area contributed by atoms with Crippen molar-refractivity contribution in [1.82, 2.24) is 10.2 Å². The Bertz CT molecular complexity index is 837. The maximum Gasteiger partial charge on any atom is 0.247 e. The van der Waals surface area contributed by atoms with Crippen molar-refractivity contribution in [3.63, 3.8) is 0 Å². The smallest absolute Gasteiger partial charge is 0.247 e. The molecule has 0 radical (unpaired) electrons. The molecule has 1 aliphatic rings. The number of carbonyl (C=O) groups excluding carboxylic acids is 2. The van der Waals surface area contributed by atoms with E-state index in [1.165, 1.54) is 6.42 Å². The van der Waals surface area contributed by atoms with E-state index in [4.69, 9.17) is 11.6 Å². The third kappa shape index (κ3) is 5.44. The van der Waals surface area contributed by atoms with Gasteiger partial charge in [0.2, 0.25) is 11.8 Å². The summed E-state index contributed by atoms with van der Waals surface area (Å²) in [4.78, 5) is 29.1. The lowest BCUT2D eigenvalue weighted by atomic mass is 9.78. The van der Waals surface area contributed by atoms with Gasteiger partial charge in [-0.1, -0.05) is 62.6 Å². The van der Waals surface area contributed by atoms with E-state index in [0.29, 0.717) is 18.4 Å². The van der Waals surface area contributed by atoms with Gasteiger partial charge in [0, 0.05) is 10.9 Å². The summed E-state index contributed by atoms with van der Waals surface area (Å²) in [6, 6.07) is 11.2. The fraction of sp³-hybridized carbons (Fsp3) is 0.500. The van der Waals surface area contributed by atoms with Crippen molar-refractivity contribution in [2.24, 2.45) is 11.8 Å². The molecule has 30 heavy (non-hydrogen) atoms. The molecule has 2 amide bonds. The van der Waals surface area contributed by atoms with Gasteiger partial charge in [-0.3, -0.25) is 9.59 Å². The normalized spacial score (nSPS) is 22.3. The maximum atomic E-state index is 13.6. The number of alkyl halides is 1. The quantitative estimate of drug-likeness (QED) is 0.586. The molecule has 0 saturated heterocycles. The molecule has 6 heteroatoms. The van der Waals surface area contributed by atoms with E-state index in [1.807, 2.05) is 48.7 Å². The molecular formula is C24H31ClN2O2S. The zero-order chi connectivity index (χ0) is 21.7. The van der Waals surface area contributed by atoms with Crippen molar-refractivity contribution in [3.05, 3.63) is 57.8 Å². The summed E-state index contributed by atoms with van der Waals surface area (Å²) in [5.41, 5.74) is 1.92. The number of benzene rings is 1.